The van der Waals surface area contributed by atoms with Gasteiger partial charge in [-0.25, -0.2) is 0 Å². The molecule has 0 radical (unpaired) electrons. The minimum atomic E-state index is 0.0613. The Morgan fingerprint density at radius 3 is 2.56 bits per heavy atom. The smallest absolute Gasteiger partial charge is 0.117 e. The summed E-state index contributed by atoms with van der Waals surface area (Å²) >= 11 is 0. The third kappa shape index (κ3) is 1.52. The molecular weight excluding hydrogens is 118 g/mol. The van der Waals surface area contributed by atoms with E-state index in [1.165, 1.54) is 4.80 Å². The normalized spacial score (nSPS) is 9.33. The average Bonchev–Trinajstić information content (AvgIpc) is 2.15. The van der Waals surface area contributed by atoms with Gasteiger partial charge in [0.05, 0.1) is 12.4 Å². The first kappa shape index (κ1) is 5.74. The maximum absolute atomic E-state index is 6.85. The largest absolute Gasteiger partial charge is 0.386 e. The molecule has 0 aliphatic carbocycles. The van der Waals surface area contributed by atoms with Crippen LogP contribution in [0.3, 0.4) is 0 Å². The molecule has 0 saturated carbocycles. The molecule has 0 aliphatic rings. The lowest BCUT2D eigenvalue weighted by Crippen LogP contribution is -2.19. The topological polar surface area (TPSA) is 80.6 Å². The molecule has 9 heavy (non-hydrogen) atoms. The molecule has 1 aromatic rings. The number of nitrogens with two attached hydrogens (primary N) is 1. The molecular formula is C4H7N5. The molecule has 1 aromatic heterocycles. The fourth-order valence-electron chi connectivity index (χ4n) is 0.477. The number of hydrogen-bond acceptors (Lipinski definition) is 3. The van der Waals surface area contributed by atoms with E-state index in [1.54, 1.807) is 12.4 Å². The zero-order chi connectivity index (χ0) is 6.69. The first-order valence-corrected chi connectivity index (χ1v) is 2.46. The van der Waals surface area contributed by atoms with Crippen LogP contribution in [0, 0.1) is 5.41 Å². The lowest BCUT2D eigenvalue weighted by Gasteiger charge is -1.93. The molecule has 0 saturated heterocycles. The van der Waals surface area contributed by atoms with Crippen molar-refractivity contribution in [1.82, 2.24) is 15.0 Å². The summed E-state index contributed by atoms with van der Waals surface area (Å²) in [7, 11) is 0. The van der Waals surface area contributed by atoms with Crippen LogP contribution in [0.15, 0.2) is 12.4 Å². The van der Waals surface area contributed by atoms with Crippen LogP contribution in [-0.4, -0.2) is 20.8 Å². The van der Waals surface area contributed by atoms with E-state index in [2.05, 4.69) is 10.2 Å². The lowest BCUT2D eigenvalue weighted by atomic mass is 10.6. The minimum absolute atomic E-state index is 0.0613. The molecule has 0 spiro atoms. The average molecular weight is 125 g/mol. The maximum atomic E-state index is 6.85. The molecule has 0 aromatic carbocycles. The summed E-state index contributed by atoms with van der Waals surface area (Å²) in [6, 6.07) is 0. The third-order valence-electron chi connectivity index (χ3n) is 0.778. The molecule has 0 aliphatic heterocycles. The molecule has 1 heterocycles. The summed E-state index contributed by atoms with van der Waals surface area (Å²) in [5, 5.41) is 14.3. The first-order valence-electron chi connectivity index (χ1n) is 2.46. The Labute approximate surface area is 52.0 Å². The molecule has 0 unspecified atom stereocenters. The second-order valence-corrected chi connectivity index (χ2v) is 1.58. The highest BCUT2D eigenvalue weighted by Crippen LogP contribution is 1.75. The predicted octanol–water partition coefficient (Wildman–Crippen LogP) is -0.786. The van der Waals surface area contributed by atoms with Crippen molar-refractivity contribution in [1.29, 1.82) is 5.41 Å². The number of nitrogens with one attached hydrogen (secondary N) is 1. The molecule has 0 atom stereocenters. The molecule has 0 fully saturated rings. The van der Waals surface area contributed by atoms with Crippen LogP contribution in [0.25, 0.3) is 0 Å². The van der Waals surface area contributed by atoms with Gasteiger partial charge in [0.15, 0.2) is 0 Å². The van der Waals surface area contributed by atoms with Gasteiger partial charge in [0.1, 0.15) is 12.4 Å². The van der Waals surface area contributed by atoms with Crippen molar-refractivity contribution in [2.24, 2.45) is 5.73 Å². The van der Waals surface area contributed by atoms with Gasteiger partial charge < -0.3 is 5.73 Å². The first-order chi connectivity index (χ1) is 4.29. The summed E-state index contributed by atoms with van der Waals surface area (Å²) in [5.41, 5.74) is 5.07. The summed E-state index contributed by atoms with van der Waals surface area (Å²) < 4.78 is 0. The highest BCUT2D eigenvalue weighted by molar-refractivity contribution is 5.76. The van der Waals surface area contributed by atoms with E-state index in [0.717, 1.165) is 0 Å². The van der Waals surface area contributed by atoms with Crippen LogP contribution >= 0.6 is 0 Å². The number of amidine groups is 1. The van der Waals surface area contributed by atoms with Crippen LogP contribution in [0.4, 0.5) is 0 Å². The van der Waals surface area contributed by atoms with E-state index in [1.807, 2.05) is 0 Å². The second kappa shape index (κ2) is 2.25. The van der Waals surface area contributed by atoms with Crippen molar-refractivity contribution in [2.45, 2.75) is 6.54 Å². The van der Waals surface area contributed by atoms with Crippen molar-refractivity contribution >= 4 is 5.84 Å². The Kier molecular flexibility index (Phi) is 1.44. The van der Waals surface area contributed by atoms with Gasteiger partial charge in [-0.1, -0.05) is 0 Å². The van der Waals surface area contributed by atoms with E-state index in [0.29, 0.717) is 0 Å². The van der Waals surface area contributed by atoms with Crippen molar-refractivity contribution in [3.8, 4) is 0 Å². The van der Waals surface area contributed by atoms with Crippen molar-refractivity contribution in [3.63, 3.8) is 0 Å². The van der Waals surface area contributed by atoms with Gasteiger partial charge >= 0.3 is 0 Å². The second-order valence-electron chi connectivity index (χ2n) is 1.58. The Bertz CT molecular complexity index is 189. The van der Waals surface area contributed by atoms with E-state index in [-0.39, 0.29) is 12.4 Å². The summed E-state index contributed by atoms with van der Waals surface area (Å²) in [6.45, 7) is 0.271. The SMILES string of the molecule is N=C(N)Cn1nccn1. The third-order valence-corrected chi connectivity index (χ3v) is 0.778. The molecule has 48 valence electrons. The van der Waals surface area contributed by atoms with Crippen molar-refractivity contribution < 1.29 is 0 Å². The summed E-state index contributed by atoms with van der Waals surface area (Å²) in [4.78, 5) is 1.35. The van der Waals surface area contributed by atoms with Crippen LogP contribution in [0.5, 0.6) is 0 Å². The number of nitrogens with zero attached hydrogens (tertiary/aromatic N) is 3. The predicted molar refractivity (Wildman–Crippen MR) is 31.9 cm³/mol. The van der Waals surface area contributed by atoms with Gasteiger partial charge in [-0.15, -0.1) is 0 Å². The fourth-order valence-corrected chi connectivity index (χ4v) is 0.477. The highest BCUT2D eigenvalue weighted by Gasteiger charge is 1.90. The van der Waals surface area contributed by atoms with Crippen molar-refractivity contribution in [2.75, 3.05) is 0 Å². The fraction of sp³-hybridized carbons (Fsp3) is 0.250. The molecule has 0 bridgehead atoms. The molecule has 5 nitrogen and oxygen atoms in total. The number of aromatic nitrogens is 3. The summed E-state index contributed by atoms with van der Waals surface area (Å²) in [5.74, 6) is 0.0613. The van der Waals surface area contributed by atoms with Gasteiger partial charge in [0.2, 0.25) is 0 Å². The quantitative estimate of drug-likeness (QED) is 0.401. The van der Waals surface area contributed by atoms with Crippen LogP contribution in [0.2, 0.25) is 0 Å². The van der Waals surface area contributed by atoms with E-state index >= 15 is 0 Å². The monoisotopic (exact) mass is 125 g/mol. The van der Waals surface area contributed by atoms with E-state index < -0.39 is 0 Å². The molecule has 1 rings (SSSR count). The van der Waals surface area contributed by atoms with Crippen molar-refractivity contribution in [3.05, 3.63) is 12.4 Å². The van der Waals surface area contributed by atoms with Crippen LogP contribution in [-0.2, 0) is 6.54 Å². The Hall–Kier alpha value is -1.39. The van der Waals surface area contributed by atoms with Gasteiger partial charge in [-0.3, -0.25) is 5.41 Å². The van der Waals surface area contributed by atoms with E-state index in [4.69, 9.17) is 11.1 Å². The number of hydrogen-bond donors (Lipinski definition) is 2. The van der Waals surface area contributed by atoms with Gasteiger partial charge in [-0.2, -0.15) is 15.0 Å². The maximum Gasteiger partial charge on any atom is 0.117 e. The Balaban J connectivity index is 2.58. The highest BCUT2D eigenvalue weighted by atomic mass is 15.5. The Morgan fingerprint density at radius 1 is 1.56 bits per heavy atom. The number of rotatable bonds is 2. The summed E-state index contributed by atoms with van der Waals surface area (Å²) in [6.07, 6.45) is 3.09. The van der Waals surface area contributed by atoms with Gasteiger partial charge in [0, 0.05) is 0 Å². The lowest BCUT2D eigenvalue weighted by molar-refractivity contribution is 0.616. The molecule has 3 N–H and O–H groups in total. The zero-order valence-electron chi connectivity index (χ0n) is 4.78. The van der Waals surface area contributed by atoms with Gasteiger partial charge in [0.25, 0.3) is 0 Å². The standard InChI is InChI=1S/C4H7N5/c5-4(6)3-9-7-1-2-8-9/h1-2H,3H2,(H3,5,6). The minimum Gasteiger partial charge on any atom is -0.386 e. The van der Waals surface area contributed by atoms with Crippen LogP contribution in [0.1, 0.15) is 0 Å². The van der Waals surface area contributed by atoms with Gasteiger partial charge in [-0.05, 0) is 0 Å². The Morgan fingerprint density at radius 2 is 2.11 bits per heavy atom. The van der Waals surface area contributed by atoms with Crippen LogP contribution < -0.4 is 5.73 Å². The molecule has 5 heteroatoms. The van der Waals surface area contributed by atoms with E-state index in [9.17, 15) is 0 Å². The molecule has 0 amide bonds. The zero-order valence-corrected chi connectivity index (χ0v) is 4.78.